The SMILES string of the molecule is O=C(CCCc1ccccc1)N1CCC2C(=O)N(Cc3ccc(F)cc3)CCN2CC1. The summed E-state index contributed by atoms with van der Waals surface area (Å²) < 4.78 is 13.2. The summed E-state index contributed by atoms with van der Waals surface area (Å²) in [6.07, 6.45) is 2.97. The van der Waals surface area contributed by atoms with Crippen molar-refractivity contribution >= 4 is 11.8 Å². The van der Waals surface area contributed by atoms with E-state index in [1.54, 1.807) is 12.1 Å². The van der Waals surface area contributed by atoms with Crippen molar-refractivity contribution in [1.29, 1.82) is 0 Å². The Morgan fingerprint density at radius 1 is 0.903 bits per heavy atom. The zero-order valence-corrected chi connectivity index (χ0v) is 17.9. The molecule has 2 fully saturated rings. The van der Waals surface area contributed by atoms with Crippen LogP contribution in [-0.4, -0.2) is 65.3 Å². The predicted molar refractivity (Wildman–Crippen MR) is 118 cm³/mol. The Hall–Kier alpha value is -2.73. The number of hydrogen-bond donors (Lipinski definition) is 0. The highest BCUT2D eigenvalue weighted by Gasteiger charge is 2.36. The van der Waals surface area contributed by atoms with E-state index < -0.39 is 0 Å². The maximum atomic E-state index is 13.2. The van der Waals surface area contributed by atoms with E-state index in [4.69, 9.17) is 0 Å². The van der Waals surface area contributed by atoms with Crippen molar-refractivity contribution in [3.8, 4) is 0 Å². The quantitative estimate of drug-likeness (QED) is 0.717. The summed E-state index contributed by atoms with van der Waals surface area (Å²) in [5.41, 5.74) is 2.20. The summed E-state index contributed by atoms with van der Waals surface area (Å²) in [5.74, 6) is 0.0394. The van der Waals surface area contributed by atoms with E-state index in [1.807, 2.05) is 28.0 Å². The lowest BCUT2D eigenvalue weighted by atomic mass is 10.1. The topological polar surface area (TPSA) is 43.9 Å². The van der Waals surface area contributed by atoms with Crippen molar-refractivity contribution < 1.29 is 14.0 Å². The molecule has 2 saturated heterocycles. The molecule has 164 valence electrons. The number of piperazine rings is 1. The Bertz CT molecular complexity index is 887. The highest BCUT2D eigenvalue weighted by atomic mass is 19.1. The molecule has 2 amide bonds. The van der Waals surface area contributed by atoms with Crippen molar-refractivity contribution in [3.63, 3.8) is 0 Å². The summed E-state index contributed by atoms with van der Waals surface area (Å²) >= 11 is 0. The lowest BCUT2D eigenvalue weighted by Gasteiger charge is -2.39. The van der Waals surface area contributed by atoms with Crippen LogP contribution in [0.15, 0.2) is 54.6 Å². The number of benzene rings is 2. The highest BCUT2D eigenvalue weighted by Crippen LogP contribution is 2.21. The van der Waals surface area contributed by atoms with E-state index in [9.17, 15) is 14.0 Å². The Labute approximate surface area is 183 Å². The van der Waals surface area contributed by atoms with Gasteiger partial charge < -0.3 is 9.80 Å². The third kappa shape index (κ3) is 5.50. The Balaban J connectivity index is 1.29. The lowest BCUT2D eigenvalue weighted by molar-refractivity contribution is -0.142. The molecule has 31 heavy (non-hydrogen) atoms. The maximum Gasteiger partial charge on any atom is 0.240 e. The van der Waals surface area contributed by atoms with E-state index in [0.717, 1.165) is 31.5 Å². The van der Waals surface area contributed by atoms with E-state index in [1.165, 1.54) is 17.7 Å². The van der Waals surface area contributed by atoms with E-state index in [-0.39, 0.29) is 23.7 Å². The third-order valence-corrected chi connectivity index (χ3v) is 6.36. The van der Waals surface area contributed by atoms with Gasteiger partial charge in [0.05, 0.1) is 6.04 Å². The van der Waals surface area contributed by atoms with Crippen LogP contribution in [0.5, 0.6) is 0 Å². The minimum absolute atomic E-state index is 0.119. The number of amides is 2. The van der Waals surface area contributed by atoms with Crippen molar-refractivity contribution in [1.82, 2.24) is 14.7 Å². The summed E-state index contributed by atoms with van der Waals surface area (Å²) in [6, 6.07) is 16.4. The largest absolute Gasteiger partial charge is 0.341 e. The van der Waals surface area contributed by atoms with Crippen LogP contribution >= 0.6 is 0 Å². The molecule has 2 aromatic rings. The van der Waals surface area contributed by atoms with Crippen LogP contribution in [0.3, 0.4) is 0 Å². The summed E-state index contributed by atoms with van der Waals surface area (Å²) in [4.78, 5) is 31.9. The van der Waals surface area contributed by atoms with Crippen molar-refractivity contribution in [2.45, 2.75) is 38.3 Å². The van der Waals surface area contributed by atoms with Gasteiger partial charge in [0.25, 0.3) is 0 Å². The standard InChI is InChI=1S/C25H30FN3O2/c26-22-11-9-21(10-12-22)19-29-18-16-27-15-17-28(14-13-23(27)25(29)31)24(30)8-4-7-20-5-2-1-3-6-20/h1-3,5-6,9-12,23H,4,7-8,13-19H2. The van der Waals surface area contributed by atoms with Gasteiger partial charge in [-0.25, -0.2) is 4.39 Å². The smallest absolute Gasteiger partial charge is 0.240 e. The number of carbonyl (C=O) groups is 2. The first-order chi connectivity index (χ1) is 15.1. The first kappa shape index (κ1) is 21.5. The predicted octanol–water partition coefficient (Wildman–Crippen LogP) is 3.09. The van der Waals surface area contributed by atoms with Crippen LogP contribution in [0.4, 0.5) is 4.39 Å². The highest BCUT2D eigenvalue weighted by molar-refractivity contribution is 5.83. The number of hydrogen-bond acceptors (Lipinski definition) is 3. The number of rotatable bonds is 6. The minimum Gasteiger partial charge on any atom is -0.341 e. The maximum absolute atomic E-state index is 13.2. The van der Waals surface area contributed by atoms with E-state index in [0.29, 0.717) is 39.0 Å². The number of fused-ring (bicyclic) bond motifs is 1. The van der Waals surface area contributed by atoms with Crippen LogP contribution in [-0.2, 0) is 22.6 Å². The first-order valence-corrected chi connectivity index (χ1v) is 11.2. The van der Waals surface area contributed by atoms with Crippen molar-refractivity contribution in [2.75, 3.05) is 32.7 Å². The molecule has 6 heteroatoms. The van der Waals surface area contributed by atoms with E-state index in [2.05, 4.69) is 17.0 Å². The number of nitrogens with zero attached hydrogens (tertiary/aromatic N) is 3. The fourth-order valence-electron chi connectivity index (χ4n) is 4.56. The molecule has 2 aliphatic heterocycles. The molecule has 0 N–H and O–H groups in total. The van der Waals surface area contributed by atoms with Gasteiger partial charge in [-0.15, -0.1) is 0 Å². The van der Waals surface area contributed by atoms with Crippen LogP contribution in [0.2, 0.25) is 0 Å². The molecule has 2 heterocycles. The second kappa shape index (κ2) is 10.1. The van der Waals surface area contributed by atoms with Gasteiger partial charge >= 0.3 is 0 Å². The number of halogens is 1. The van der Waals surface area contributed by atoms with Gasteiger partial charge in [0.1, 0.15) is 5.82 Å². The lowest BCUT2D eigenvalue weighted by Crippen LogP contribution is -2.56. The van der Waals surface area contributed by atoms with Crippen LogP contribution in [0, 0.1) is 5.82 Å². The Morgan fingerprint density at radius 3 is 2.42 bits per heavy atom. The molecule has 1 atom stereocenters. The van der Waals surface area contributed by atoms with E-state index >= 15 is 0 Å². The van der Waals surface area contributed by atoms with Crippen molar-refractivity contribution in [2.24, 2.45) is 0 Å². The van der Waals surface area contributed by atoms with Gasteiger partial charge in [0, 0.05) is 45.7 Å². The average Bonchev–Trinajstić information content (AvgIpc) is 3.01. The van der Waals surface area contributed by atoms with Gasteiger partial charge in [-0.05, 0) is 42.5 Å². The monoisotopic (exact) mass is 423 g/mol. The molecule has 2 aliphatic rings. The van der Waals surface area contributed by atoms with Gasteiger partial charge in [0.15, 0.2) is 0 Å². The normalized spacial score (nSPS) is 19.8. The molecular weight excluding hydrogens is 393 g/mol. The molecule has 0 aliphatic carbocycles. The van der Waals surface area contributed by atoms with Gasteiger partial charge in [0.2, 0.25) is 11.8 Å². The van der Waals surface area contributed by atoms with Crippen molar-refractivity contribution in [3.05, 3.63) is 71.5 Å². The average molecular weight is 424 g/mol. The molecule has 2 aromatic carbocycles. The first-order valence-electron chi connectivity index (χ1n) is 11.2. The van der Waals surface area contributed by atoms with Crippen LogP contribution in [0.25, 0.3) is 0 Å². The summed E-state index contributed by atoms with van der Waals surface area (Å²) in [7, 11) is 0. The second-order valence-corrected chi connectivity index (χ2v) is 8.45. The van der Waals surface area contributed by atoms with Crippen LogP contribution < -0.4 is 0 Å². The van der Waals surface area contributed by atoms with Gasteiger partial charge in [-0.2, -0.15) is 0 Å². The van der Waals surface area contributed by atoms with Crippen LogP contribution in [0.1, 0.15) is 30.4 Å². The van der Waals surface area contributed by atoms with Gasteiger partial charge in [-0.1, -0.05) is 42.5 Å². The minimum atomic E-state index is -0.266. The molecule has 0 saturated carbocycles. The summed E-state index contributed by atoms with van der Waals surface area (Å²) in [6.45, 7) is 4.04. The third-order valence-electron chi connectivity index (χ3n) is 6.36. The molecule has 1 unspecified atom stereocenters. The molecule has 5 nitrogen and oxygen atoms in total. The second-order valence-electron chi connectivity index (χ2n) is 8.45. The summed E-state index contributed by atoms with van der Waals surface area (Å²) in [5, 5.41) is 0. The number of aryl methyl sites for hydroxylation is 1. The molecule has 0 spiro atoms. The zero-order chi connectivity index (χ0) is 21.6. The molecule has 4 rings (SSSR count). The fraction of sp³-hybridized carbons (Fsp3) is 0.440. The fourth-order valence-corrected chi connectivity index (χ4v) is 4.56. The molecule has 0 radical (unpaired) electrons. The Morgan fingerprint density at radius 2 is 1.65 bits per heavy atom. The number of carbonyl (C=O) groups excluding carboxylic acids is 2. The zero-order valence-electron chi connectivity index (χ0n) is 17.9. The van der Waals surface area contributed by atoms with Gasteiger partial charge in [-0.3, -0.25) is 14.5 Å². The molecule has 0 aromatic heterocycles. The molecule has 0 bridgehead atoms. The molecular formula is C25H30FN3O2. The Kier molecular flexibility index (Phi) is 6.97.